The van der Waals surface area contributed by atoms with Crippen LogP contribution in [0, 0.1) is 34.0 Å². The monoisotopic (exact) mass is 511 g/mol. The Morgan fingerprint density at radius 3 is 2.72 bits per heavy atom. The number of hydrogen-bond acceptors (Lipinski definition) is 6. The van der Waals surface area contributed by atoms with Crippen LogP contribution in [0.15, 0.2) is 46.9 Å². The molecule has 194 valence electrons. The molecule has 0 amide bonds. The first-order chi connectivity index (χ1) is 17.3. The van der Waals surface area contributed by atoms with E-state index in [-0.39, 0.29) is 34.4 Å². The number of methoxy groups -OCH3 is 1. The van der Waals surface area contributed by atoms with Crippen LogP contribution in [0.25, 0.3) is 0 Å². The van der Waals surface area contributed by atoms with Gasteiger partial charge < -0.3 is 14.2 Å². The van der Waals surface area contributed by atoms with Gasteiger partial charge in [-0.25, -0.2) is 8.42 Å². The molecule has 2 spiro atoms. The first-order valence-corrected chi connectivity index (χ1v) is 15.4. The molecular formula is C29H37NO5S. The minimum absolute atomic E-state index is 0.0578. The number of epoxide rings is 1. The van der Waals surface area contributed by atoms with Gasteiger partial charge in [-0.3, -0.25) is 4.90 Å². The maximum atomic E-state index is 14.1. The molecule has 0 aromatic heterocycles. The zero-order valence-electron chi connectivity index (χ0n) is 21.5. The van der Waals surface area contributed by atoms with Crippen LogP contribution in [-0.4, -0.2) is 63.5 Å². The van der Waals surface area contributed by atoms with Gasteiger partial charge in [0.25, 0.3) is 0 Å². The lowest BCUT2D eigenvalue weighted by molar-refractivity contribution is -0.197. The minimum atomic E-state index is -3.61. The Kier molecular flexibility index (Phi) is 4.31. The molecule has 1 aromatic carbocycles. The predicted octanol–water partition coefficient (Wildman–Crippen LogP) is 4.02. The molecule has 4 saturated carbocycles. The summed E-state index contributed by atoms with van der Waals surface area (Å²) < 4.78 is 46.9. The number of rotatable bonds is 6. The van der Waals surface area contributed by atoms with Crippen LogP contribution in [0.5, 0.6) is 0 Å². The summed E-state index contributed by atoms with van der Waals surface area (Å²) in [5.41, 5.74) is 1.54. The second kappa shape index (κ2) is 6.84. The quantitative estimate of drug-likeness (QED) is 0.327. The molecule has 0 radical (unpaired) electrons. The van der Waals surface area contributed by atoms with Crippen molar-refractivity contribution in [3.05, 3.63) is 42.0 Å². The Morgan fingerprint density at radius 2 is 1.97 bits per heavy atom. The van der Waals surface area contributed by atoms with E-state index in [0.717, 1.165) is 38.8 Å². The highest BCUT2D eigenvalue weighted by Gasteiger charge is 2.90. The first kappa shape index (κ1) is 22.7. The molecule has 6 nitrogen and oxygen atoms in total. The number of benzene rings is 1. The summed E-state index contributed by atoms with van der Waals surface area (Å²) in [6.07, 6.45) is 7.62. The van der Waals surface area contributed by atoms with Gasteiger partial charge in [-0.2, -0.15) is 0 Å². The summed E-state index contributed by atoms with van der Waals surface area (Å²) in [6, 6.07) is 9.38. The van der Waals surface area contributed by atoms with Gasteiger partial charge in [0.1, 0.15) is 12.9 Å². The van der Waals surface area contributed by atoms with Crippen molar-refractivity contribution in [3.8, 4) is 0 Å². The van der Waals surface area contributed by atoms with Crippen molar-refractivity contribution >= 4 is 9.84 Å². The third kappa shape index (κ3) is 2.16. The summed E-state index contributed by atoms with van der Waals surface area (Å²) in [4.78, 5) is 2.05. The third-order valence-electron chi connectivity index (χ3n) is 12.0. The average molecular weight is 512 g/mol. The Hall–Kier alpha value is -1.25. The highest BCUT2D eigenvalue weighted by Crippen LogP contribution is 2.86. The second-order valence-corrected chi connectivity index (χ2v) is 15.0. The van der Waals surface area contributed by atoms with E-state index in [0.29, 0.717) is 29.6 Å². The fraction of sp³-hybridized carbons (Fsp3) is 0.724. The van der Waals surface area contributed by atoms with Crippen molar-refractivity contribution in [2.45, 2.75) is 74.0 Å². The number of sulfone groups is 1. The molecule has 7 heteroatoms. The van der Waals surface area contributed by atoms with Crippen LogP contribution < -0.4 is 0 Å². The van der Waals surface area contributed by atoms with Crippen LogP contribution in [0.3, 0.4) is 0 Å². The molecule has 2 heterocycles. The SMILES string of the molecule is CCN1CC2(C)CC[C@H](OCOC)[C@]34C5=CC6CCC5(C(C[C@H]23)C14)C1OC61S(=O)(=O)c1ccccc1. The van der Waals surface area contributed by atoms with Gasteiger partial charge in [0, 0.05) is 36.4 Å². The molecule has 6 fully saturated rings. The molecule has 36 heavy (non-hydrogen) atoms. The van der Waals surface area contributed by atoms with Gasteiger partial charge >= 0.3 is 0 Å². The van der Waals surface area contributed by atoms with Gasteiger partial charge in [0.2, 0.25) is 14.8 Å². The number of hydrogen-bond donors (Lipinski definition) is 0. The Morgan fingerprint density at radius 1 is 1.17 bits per heavy atom. The smallest absolute Gasteiger partial charge is 0.211 e. The van der Waals surface area contributed by atoms with Crippen molar-refractivity contribution in [2.24, 2.45) is 34.0 Å². The lowest BCUT2D eigenvalue weighted by Gasteiger charge is -2.64. The largest absolute Gasteiger partial charge is 0.359 e. The van der Waals surface area contributed by atoms with Crippen LogP contribution >= 0.6 is 0 Å². The number of piperidine rings is 1. The summed E-state index contributed by atoms with van der Waals surface area (Å²) >= 11 is 0. The Bertz CT molecular complexity index is 1270. The lowest BCUT2D eigenvalue weighted by atomic mass is 9.44. The average Bonchev–Trinajstić information content (AvgIpc) is 3.58. The van der Waals surface area contributed by atoms with Crippen molar-refractivity contribution in [1.82, 2.24) is 4.90 Å². The van der Waals surface area contributed by atoms with Crippen molar-refractivity contribution in [1.29, 1.82) is 0 Å². The molecule has 2 saturated heterocycles. The molecular weight excluding hydrogens is 474 g/mol. The van der Waals surface area contributed by atoms with Gasteiger partial charge in [-0.15, -0.1) is 0 Å². The van der Waals surface area contributed by atoms with Gasteiger partial charge in [0.15, 0.2) is 0 Å². The molecule has 10 atom stereocenters. The summed E-state index contributed by atoms with van der Waals surface area (Å²) in [6.45, 7) is 7.28. The van der Waals surface area contributed by atoms with E-state index < -0.39 is 14.8 Å². The lowest BCUT2D eigenvalue weighted by Crippen LogP contribution is -2.67. The second-order valence-electron chi connectivity index (χ2n) is 12.9. The van der Waals surface area contributed by atoms with Gasteiger partial charge in [-0.05, 0) is 68.0 Å². The fourth-order valence-corrected chi connectivity index (χ4v) is 13.2. The summed E-state index contributed by atoms with van der Waals surface area (Å²) in [7, 11) is -1.91. The van der Waals surface area contributed by atoms with E-state index in [1.165, 1.54) is 12.0 Å². The van der Waals surface area contributed by atoms with Crippen molar-refractivity contribution < 1.29 is 22.6 Å². The maximum absolute atomic E-state index is 14.1. The molecule has 7 unspecified atom stereocenters. The Balaban J connectivity index is 1.32. The van der Waals surface area contributed by atoms with E-state index in [1.54, 1.807) is 19.2 Å². The van der Waals surface area contributed by atoms with Crippen LogP contribution in [0.1, 0.15) is 46.0 Å². The highest BCUT2D eigenvalue weighted by atomic mass is 32.2. The van der Waals surface area contributed by atoms with E-state index in [2.05, 4.69) is 24.8 Å². The predicted molar refractivity (Wildman–Crippen MR) is 134 cm³/mol. The molecule has 1 aromatic rings. The summed E-state index contributed by atoms with van der Waals surface area (Å²) in [5.74, 6) is 0.903. The van der Waals surface area contributed by atoms with Crippen molar-refractivity contribution in [3.63, 3.8) is 0 Å². The molecule has 7 bridgehead atoms. The number of nitrogens with zero attached hydrogens (tertiary/aromatic N) is 1. The Labute approximate surface area is 214 Å². The molecule has 6 aliphatic carbocycles. The van der Waals surface area contributed by atoms with Crippen molar-refractivity contribution in [2.75, 3.05) is 27.0 Å². The van der Waals surface area contributed by atoms with Gasteiger partial charge in [-0.1, -0.05) is 43.7 Å². The zero-order valence-corrected chi connectivity index (χ0v) is 22.3. The van der Waals surface area contributed by atoms with E-state index in [1.807, 2.05) is 18.2 Å². The van der Waals surface area contributed by atoms with Gasteiger partial charge in [0.05, 0.1) is 11.0 Å². The van der Waals surface area contributed by atoms with E-state index in [4.69, 9.17) is 14.2 Å². The van der Waals surface area contributed by atoms with Crippen LogP contribution in [0.2, 0.25) is 0 Å². The molecule has 0 N–H and O–H groups in total. The molecule has 8 aliphatic rings. The third-order valence-corrected chi connectivity index (χ3v) is 14.3. The van der Waals surface area contributed by atoms with Crippen LogP contribution in [-0.2, 0) is 24.0 Å². The van der Waals surface area contributed by atoms with E-state index in [9.17, 15) is 8.42 Å². The highest BCUT2D eigenvalue weighted by molar-refractivity contribution is 7.93. The number of fused-ring (bicyclic) bond motifs is 1. The minimum Gasteiger partial charge on any atom is -0.359 e. The van der Waals surface area contributed by atoms with E-state index >= 15 is 0 Å². The topological polar surface area (TPSA) is 68.4 Å². The summed E-state index contributed by atoms with van der Waals surface area (Å²) in [5, 5.41) is 0. The maximum Gasteiger partial charge on any atom is 0.211 e. The number of likely N-dealkylation sites (tertiary alicyclic amines) is 1. The zero-order chi connectivity index (χ0) is 24.7. The fourth-order valence-electron chi connectivity index (χ4n) is 11.0. The molecule has 9 rings (SSSR count). The normalized spacial score (nSPS) is 51.6. The molecule has 2 aliphatic heterocycles. The standard InChI is InChI=1S/C29H37NO5S/c1-4-30-16-26(2)12-11-23(34-17-33-3)28-21(26)15-20(24(28)30)27-13-10-18(14-22(27)28)29(25(27)35-29)36(31,32)19-8-6-5-7-9-19/h5-9,14,18,20-21,23-25H,4,10-13,15-17H2,1-3H3/t18?,20?,21-,23+,24?,25?,26?,27?,28-,29?/m1/s1. The first-order valence-electron chi connectivity index (χ1n) is 13.9. The number of ether oxygens (including phenoxy) is 3. The van der Waals surface area contributed by atoms with Crippen LogP contribution in [0.4, 0.5) is 0 Å².